The molecule has 1 aliphatic rings. The molecule has 29 heavy (non-hydrogen) atoms. The molecule has 0 bridgehead atoms. The number of nitrogens with one attached hydrogen (secondary N) is 3. The van der Waals surface area contributed by atoms with Gasteiger partial charge in [0.25, 0.3) is 5.91 Å². The highest BCUT2D eigenvalue weighted by Crippen LogP contribution is 2.21. The first-order chi connectivity index (χ1) is 13.9. The van der Waals surface area contributed by atoms with Crippen LogP contribution in [0.5, 0.6) is 0 Å². The molecular formula is C21H23FN4O3. The molecule has 2 aromatic carbocycles. The quantitative estimate of drug-likeness (QED) is 0.636. The van der Waals surface area contributed by atoms with E-state index in [-0.39, 0.29) is 36.9 Å². The summed E-state index contributed by atoms with van der Waals surface area (Å²) >= 11 is 0. The smallest absolute Gasteiger partial charge is 0.253 e. The minimum atomic E-state index is -0.445. The van der Waals surface area contributed by atoms with Crippen molar-refractivity contribution in [3.63, 3.8) is 0 Å². The molecule has 0 aliphatic heterocycles. The Bertz CT molecular complexity index is 914. The van der Waals surface area contributed by atoms with Crippen LogP contribution in [0.1, 0.15) is 23.2 Å². The Hall–Kier alpha value is -3.26. The lowest BCUT2D eigenvalue weighted by Crippen LogP contribution is -2.36. The molecular weight excluding hydrogens is 375 g/mol. The molecule has 0 saturated heterocycles. The molecule has 1 fully saturated rings. The number of benzene rings is 2. The second-order valence-electron chi connectivity index (χ2n) is 7.07. The van der Waals surface area contributed by atoms with Crippen molar-refractivity contribution in [1.29, 1.82) is 0 Å². The van der Waals surface area contributed by atoms with Gasteiger partial charge in [0.05, 0.1) is 24.3 Å². The summed E-state index contributed by atoms with van der Waals surface area (Å²) in [5, 5.41) is 8.20. The molecule has 3 N–H and O–H groups in total. The van der Waals surface area contributed by atoms with Crippen molar-refractivity contribution in [3.05, 3.63) is 59.9 Å². The Balaban J connectivity index is 1.51. The summed E-state index contributed by atoms with van der Waals surface area (Å²) in [4.78, 5) is 38.3. The molecule has 0 heterocycles. The lowest BCUT2D eigenvalue weighted by molar-refractivity contribution is -0.119. The van der Waals surface area contributed by atoms with E-state index >= 15 is 0 Å². The van der Waals surface area contributed by atoms with Crippen molar-refractivity contribution in [2.24, 2.45) is 0 Å². The van der Waals surface area contributed by atoms with Gasteiger partial charge >= 0.3 is 0 Å². The van der Waals surface area contributed by atoms with Gasteiger partial charge in [-0.05, 0) is 50.2 Å². The Morgan fingerprint density at radius 1 is 1.00 bits per heavy atom. The monoisotopic (exact) mass is 398 g/mol. The van der Waals surface area contributed by atoms with Crippen LogP contribution in [0.25, 0.3) is 0 Å². The standard InChI is InChI=1S/C21H23FN4O3/c1-26(12-19(27)23-16-6-4-5-14(22)11-16)13-20(28)25-18-8-3-2-7-17(18)21(29)24-15-9-10-15/h2-8,11,15H,9-10,12-13H2,1H3,(H,23,27)(H,24,29)(H,25,28). The van der Waals surface area contributed by atoms with Gasteiger partial charge in [-0.2, -0.15) is 0 Å². The van der Waals surface area contributed by atoms with E-state index in [1.807, 2.05) is 0 Å². The van der Waals surface area contributed by atoms with E-state index in [9.17, 15) is 18.8 Å². The van der Waals surface area contributed by atoms with Gasteiger partial charge in [-0.15, -0.1) is 0 Å². The van der Waals surface area contributed by atoms with E-state index in [0.717, 1.165) is 12.8 Å². The molecule has 0 atom stereocenters. The Morgan fingerprint density at radius 3 is 2.38 bits per heavy atom. The van der Waals surface area contributed by atoms with Gasteiger partial charge in [0, 0.05) is 11.7 Å². The number of hydrogen-bond acceptors (Lipinski definition) is 4. The minimum Gasteiger partial charge on any atom is -0.349 e. The zero-order valence-electron chi connectivity index (χ0n) is 16.1. The van der Waals surface area contributed by atoms with Gasteiger partial charge in [0.1, 0.15) is 5.82 Å². The molecule has 0 radical (unpaired) electrons. The van der Waals surface area contributed by atoms with Crippen LogP contribution in [-0.2, 0) is 9.59 Å². The lowest BCUT2D eigenvalue weighted by Gasteiger charge is -2.17. The van der Waals surface area contributed by atoms with Crippen molar-refractivity contribution in [3.8, 4) is 0 Å². The molecule has 3 rings (SSSR count). The zero-order valence-corrected chi connectivity index (χ0v) is 16.1. The van der Waals surface area contributed by atoms with Crippen LogP contribution in [-0.4, -0.2) is 48.8 Å². The van der Waals surface area contributed by atoms with Crippen molar-refractivity contribution in [2.45, 2.75) is 18.9 Å². The third kappa shape index (κ3) is 6.39. The first-order valence-electron chi connectivity index (χ1n) is 9.34. The maximum Gasteiger partial charge on any atom is 0.253 e. The number of nitrogens with zero attached hydrogens (tertiary/aromatic N) is 1. The molecule has 0 spiro atoms. The lowest BCUT2D eigenvalue weighted by atomic mass is 10.1. The highest BCUT2D eigenvalue weighted by molar-refractivity contribution is 6.04. The fraction of sp³-hybridized carbons (Fsp3) is 0.286. The number of anilines is 2. The maximum absolute atomic E-state index is 13.2. The number of rotatable bonds is 8. The minimum absolute atomic E-state index is 0.0465. The van der Waals surface area contributed by atoms with Crippen molar-refractivity contribution < 1.29 is 18.8 Å². The Morgan fingerprint density at radius 2 is 1.69 bits per heavy atom. The number of para-hydroxylation sites is 1. The summed E-state index contributed by atoms with van der Waals surface area (Å²) in [5.74, 6) is -1.38. The molecule has 152 valence electrons. The van der Waals surface area contributed by atoms with Crippen molar-refractivity contribution >= 4 is 29.1 Å². The molecule has 0 unspecified atom stereocenters. The van der Waals surface area contributed by atoms with Crippen LogP contribution < -0.4 is 16.0 Å². The van der Waals surface area contributed by atoms with Gasteiger partial charge in [-0.25, -0.2) is 4.39 Å². The highest BCUT2D eigenvalue weighted by Gasteiger charge is 2.25. The summed E-state index contributed by atoms with van der Waals surface area (Å²) in [6, 6.07) is 12.6. The third-order valence-electron chi connectivity index (χ3n) is 4.29. The summed E-state index contributed by atoms with van der Waals surface area (Å²) in [7, 11) is 1.62. The highest BCUT2D eigenvalue weighted by atomic mass is 19.1. The molecule has 3 amide bonds. The maximum atomic E-state index is 13.2. The molecule has 2 aromatic rings. The number of carbonyl (C=O) groups excluding carboxylic acids is 3. The number of carbonyl (C=O) groups is 3. The van der Waals surface area contributed by atoms with Crippen LogP contribution in [0.15, 0.2) is 48.5 Å². The average Bonchev–Trinajstić information content (AvgIpc) is 3.45. The summed E-state index contributed by atoms with van der Waals surface area (Å²) < 4.78 is 13.2. The fourth-order valence-corrected chi connectivity index (χ4v) is 2.78. The summed E-state index contributed by atoms with van der Waals surface area (Å²) in [6.07, 6.45) is 1.95. The SMILES string of the molecule is CN(CC(=O)Nc1cccc(F)c1)CC(=O)Nc1ccccc1C(=O)NC1CC1. The summed E-state index contributed by atoms with van der Waals surface area (Å²) in [5.41, 5.74) is 1.18. The van der Waals surface area contributed by atoms with Crippen LogP contribution in [0.3, 0.4) is 0 Å². The van der Waals surface area contributed by atoms with E-state index in [1.54, 1.807) is 37.4 Å². The second kappa shape index (κ2) is 9.29. The second-order valence-corrected chi connectivity index (χ2v) is 7.07. The van der Waals surface area contributed by atoms with E-state index in [2.05, 4.69) is 16.0 Å². The van der Waals surface area contributed by atoms with E-state index < -0.39 is 5.82 Å². The molecule has 8 heteroatoms. The van der Waals surface area contributed by atoms with E-state index in [1.165, 1.54) is 23.1 Å². The predicted octanol–water partition coefficient (Wildman–Crippen LogP) is 2.23. The van der Waals surface area contributed by atoms with E-state index in [4.69, 9.17) is 0 Å². The molecule has 1 aliphatic carbocycles. The van der Waals surface area contributed by atoms with Crippen molar-refractivity contribution in [1.82, 2.24) is 10.2 Å². The Labute approximate surface area is 168 Å². The normalized spacial score (nSPS) is 13.1. The van der Waals surface area contributed by atoms with Gasteiger partial charge in [-0.1, -0.05) is 18.2 Å². The Kier molecular flexibility index (Phi) is 6.56. The van der Waals surface area contributed by atoms with Crippen LogP contribution >= 0.6 is 0 Å². The average molecular weight is 398 g/mol. The number of hydrogen-bond donors (Lipinski definition) is 3. The first-order valence-corrected chi connectivity index (χ1v) is 9.34. The third-order valence-corrected chi connectivity index (χ3v) is 4.29. The van der Waals surface area contributed by atoms with Crippen LogP contribution in [0.4, 0.5) is 15.8 Å². The van der Waals surface area contributed by atoms with Crippen LogP contribution in [0.2, 0.25) is 0 Å². The first kappa shape index (κ1) is 20.5. The largest absolute Gasteiger partial charge is 0.349 e. The van der Waals surface area contributed by atoms with Gasteiger partial charge < -0.3 is 16.0 Å². The van der Waals surface area contributed by atoms with Gasteiger partial charge in [-0.3, -0.25) is 19.3 Å². The van der Waals surface area contributed by atoms with Gasteiger partial charge in [0.15, 0.2) is 0 Å². The predicted molar refractivity (Wildman–Crippen MR) is 108 cm³/mol. The molecule has 7 nitrogen and oxygen atoms in total. The van der Waals surface area contributed by atoms with Gasteiger partial charge in [0.2, 0.25) is 11.8 Å². The zero-order chi connectivity index (χ0) is 20.8. The number of likely N-dealkylation sites (N-methyl/N-ethyl adjacent to an activating group) is 1. The number of amides is 3. The molecule has 1 saturated carbocycles. The van der Waals surface area contributed by atoms with E-state index in [0.29, 0.717) is 16.9 Å². The number of halogens is 1. The van der Waals surface area contributed by atoms with Crippen LogP contribution in [0, 0.1) is 5.82 Å². The molecule has 0 aromatic heterocycles. The fourth-order valence-electron chi connectivity index (χ4n) is 2.78. The summed E-state index contributed by atoms with van der Waals surface area (Å²) in [6.45, 7) is -0.0943. The topological polar surface area (TPSA) is 90.5 Å². The van der Waals surface area contributed by atoms with Crippen molar-refractivity contribution in [2.75, 3.05) is 30.8 Å².